The average Bonchev–Trinajstić information content (AvgIpc) is 2.74. The van der Waals surface area contributed by atoms with Crippen molar-refractivity contribution in [1.29, 1.82) is 0 Å². The van der Waals surface area contributed by atoms with Gasteiger partial charge < -0.3 is 19.7 Å². The van der Waals surface area contributed by atoms with E-state index >= 15 is 0 Å². The van der Waals surface area contributed by atoms with Gasteiger partial charge in [-0.2, -0.15) is 0 Å². The van der Waals surface area contributed by atoms with Gasteiger partial charge in [-0.25, -0.2) is 4.79 Å². The second kappa shape index (κ2) is 9.35. The van der Waals surface area contributed by atoms with Crippen molar-refractivity contribution in [2.45, 2.75) is 0 Å². The Bertz CT molecular complexity index is 930. The molecule has 0 atom stereocenters. The Hall–Kier alpha value is -3.17. The predicted molar refractivity (Wildman–Crippen MR) is 106 cm³/mol. The van der Waals surface area contributed by atoms with Crippen molar-refractivity contribution in [2.75, 3.05) is 43.1 Å². The van der Waals surface area contributed by atoms with Gasteiger partial charge >= 0.3 is 5.97 Å². The maximum absolute atomic E-state index is 12.6. The summed E-state index contributed by atoms with van der Waals surface area (Å²) in [6, 6.07) is 10.6. The number of nitro benzene ring substituents is 1. The number of hydrogen-bond acceptors (Lipinski definition) is 7. The Morgan fingerprint density at radius 3 is 2.62 bits per heavy atom. The van der Waals surface area contributed by atoms with Crippen LogP contribution in [0.4, 0.5) is 17.1 Å². The molecule has 1 aliphatic heterocycles. The van der Waals surface area contributed by atoms with Crippen LogP contribution in [0.1, 0.15) is 10.4 Å². The number of anilines is 2. The number of nitrogens with zero attached hydrogens (tertiary/aromatic N) is 2. The molecule has 2 aromatic carbocycles. The number of nitro groups is 1. The van der Waals surface area contributed by atoms with Gasteiger partial charge in [0.15, 0.2) is 6.61 Å². The predicted octanol–water partition coefficient (Wildman–Crippen LogP) is 2.88. The first-order valence-electron chi connectivity index (χ1n) is 8.78. The minimum Gasteiger partial charge on any atom is -0.452 e. The van der Waals surface area contributed by atoms with E-state index in [1.54, 1.807) is 24.3 Å². The van der Waals surface area contributed by atoms with Crippen LogP contribution in [0, 0.1) is 10.1 Å². The third kappa shape index (κ3) is 5.21. The van der Waals surface area contributed by atoms with Crippen molar-refractivity contribution in [3.05, 3.63) is 63.2 Å². The first-order chi connectivity index (χ1) is 14.0. The summed E-state index contributed by atoms with van der Waals surface area (Å²) in [4.78, 5) is 37.1. The van der Waals surface area contributed by atoms with Crippen molar-refractivity contribution in [1.82, 2.24) is 0 Å². The Morgan fingerprint density at radius 2 is 1.93 bits per heavy atom. The van der Waals surface area contributed by atoms with Crippen molar-refractivity contribution < 1.29 is 24.0 Å². The van der Waals surface area contributed by atoms with E-state index in [2.05, 4.69) is 5.32 Å². The molecule has 1 saturated heterocycles. The average molecular weight is 420 g/mol. The molecule has 1 heterocycles. The minimum absolute atomic E-state index is 0.0200. The van der Waals surface area contributed by atoms with Crippen molar-refractivity contribution >= 4 is 40.5 Å². The third-order valence-electron chi connectivity index (χ3n) is 4.24. The Kier molecular flexibility index (Phi) is 6.63. The molecule has 10 heteroatoms. The SMILES string of the molecule is O=C(COC(=O)c1cc([N+](=O)[O-])ccc1N1CCOCC1)Nc1ccccc1Cl. The summed E-state index contributed by atoms with van der Waals surface area (Å²) < 4.78 is 10.4. The fraction of sp³-hybridized carbons (Fsp3) is 0.263. The van der Waals surface area contributed by atoms with E-state index in [9.17, 15) is 19.7 Å². The quantitative estimate of drug-likeness (QED) is 0.435. The Labute approximate surface area is 171 Å². The number of halogens is 1. The van der Waals surface area contributed by atoms with Crippen LogP contribution in [-0.2, 0) is 14.3 Å². The number of morpholine rings is 1. The number of carbonyl (C=O) groups excluding carboxylic acids is 2. The number of esters is 1. The second-order valence-corrected chi connectivity index (χ2v) is 6.57. The number of carbonyl (C=O) groups is 2. The molecule has 0 saturated carbocycles. The van der Waals surface area contributed by atoms with Crippen LogP contribution in [-0.4, -0.2) is 49.7 Å². The van der Waals surface area contributed by atoms with Gasteiger partial charge in [0.1, 0.15) is 0 Å². The minimum atomic E-state index is -0.829. The van der Waals surface area contributed by atoms with Gasteiger partial charge in [-0.05, 0) is 18.2 Å². The molecule has 29 heavy (non-hydrogen) atoms. The maximum atomic E-state index is 12.6. The highest BCUT2D eigenvalue weighted by molar-refractivity contribution is 6.33. The second-order valence-electron chi connectivity index (χ2n) is 6.16. The number of hydrogen-bond donors (Lipinski definition) is 1. The number of benzene rings is 2. The molecule has 0 radical (unpaired) electrons. The first kappa shape index (κ1) is 20.6. The smallest absolute Gasteiger partial charge is 0.341 e. The van der Waals surface area contributed by atoms with Crippen LogP contribution < -0.4 is 10.2 Å². The van der Waals surface area contributed by atoms with Crippen molar-refractivity contribution in [2.24, 2.45) is 0 Å². The first-order valence-corrected chi connectivity index (χ1v) is 9.16. The van der Waals surface area contributed by atoms with Crippen LogP contribution in [0.2, 0.25) is 5.02 Å². The van der Waals surface area contributed by atoms with Crippen molar-refractivity contribution in [3.8, 4) is 0 Å². The molecule has 0 bridgehead atoms. The van der Waals surface area contributed by atoms with Crippen LogP contribution in [0.5, 0.6) is 0 Å². The zero-order valence-electron chi connectivity index (χ0n) is 15.3. The largest absolute Gasteiger partial charge is 0.452 e. The molecule has 152 valence electrons. The van der Waals surface area contributed by atoms with Crippen molar-refractivity contribution in [3.63, 3.8) is 0 Å². The van der Waals surface area contributed by atoms with E-state index in [1.807, 2.05) is 4.90 Å². The molecular formula is C19H18ClN3O6. The van der Waals surface area contributed by atoms with E-state index in [0.717, 1.165) is 6.07 Å². The molecule has 1 amide bonds. The molecule has 1 aliphatic rings. The Balaban J connectivity index is 1.73. The van der Waals surface area contributed by atoms with Gasteiger partial charge in [0.2, 0.25) is 0 Å². The van der Waals surface area contributed by atoms with Gasteiger partial charge in [-0.3, -0.25) is 14.9 Å². The molecule has 0 unspecified atom stereocenters. The molecule has 0 aromatic heterocycles. The third-order valence-corrected chi connectivity index (χ3v) is 4.57. The van der Waals surface area contributed by atoms with Gasteiger partial charge in [0.25, 0.3) is 11.6 Å². The lowest BCUT2D eigenvalue weighted by Gasteiger charge is -2.30. The summed E-state index contributed by atoms with van der Waals surface area (Å²) in [7, 11) is 0. The van der Waals surface area contributed by atoms with E-state index in [-0.39, 0.29) is 11.3 Å². The fourth-order valence-corrected chi connectivity index (χ4v) is 3.02. The number of rotatable bonds is 6. The number of non-ortho nitro benzene ring substituents is 1. The number of ether oxygens (including phenoxy) is 2. The van der Waals surface area contributed by atoms with E-state index in [0.29, 0.717) is 42.7 Å². The highest BCUT2D eigenvalue weighted by Gasteiger charge is 2.23. The molecular weight excluding hydrogens is 402 g/mol. The van der Waals surface area contributed by atoms with Gasteiger partial charge in [-0.15, -0.1) is 0 Å². The van der Waals surface area contributed by atoms with E-state index < -0.39 is 23.4 Å². The molecule has 1 N–H and O–H groups in total. The Morgan fingerprint density at radius 1 is 1.21 bits per heavy atom. The highest BCUT2D eigenvalue weighted by Crippen LogP contribution is 2.27. The summed E-state index contributed by atoms with van der Waals surface area (Å²) in [6.45, 7) is 1.46. The van der Waals surface area contributed by atoms with E-state index in [1.165, 1.54) is 12.1 Å². The fourth-order valence-electron chi connectivity index (χ4n) is 2.84. The summed E-state index contributed by atoms with van der Waals surface area (Å²) in [6.07, 6.45) is 0. The maximum Gasteiger partial charge on any atom is 0.341 e. The molecule has 0 aliphatic carbocycles. The lowest BCUT2D eigenvalue weighted by atomic mass is 10.1. The number of nitrogens with one attached hydrogen (secondary N) is 1. The highest BCUT2D eigenvalue weighted by atomic mass is 35.5. The van der Waals surface area contributed by atoms with Gasteiger partial charge in [-0.1, -0.05) is 23.7 Å². The van der Waals surface area contributed by atoms with Gasteiger partial charge in [0.05, 0.1) is 40.1 Å². The standard InChI is InChI=1S/C19H18ClN3O6/c20-15-3-1-2-4-16(15)21-18(24)12-29-19(25)14-11-13(23(26)27)5-6-17(14)22-7-9-28-10-8-22/h1-6,11H,7-10,12H2,(H,21,24). The van der Waals surface area contributed by atoms with Crippen LogP contribution in [0.15, 0.2) is 42.5 Å². The van der Waals surface area contributed by atoms with Gasteiger partial charge in [0, 0.05) is 25.2 Å². The summed E-state index contributed by atoms with van der Waals surface area (Å²) in [5.41, 5.74) is 0.663. The molecule has 9 nitrogen and oxygen atoms in total. The molecule has 2 aromatic rings. The zero-order valence-corrected chi connectivity index (χ0v) is 16.1. The summed E-state index contributed by atoms with van der Waals surface area (Å²) in [5, 5.41) is 14.0. The van der Waals surface area contributed by atoms with E-state index in [4.69, 9.17) is 21.1 Å². The zero-order chi connectivity index (χ0) is 20.8. The van der Waals surface area contributed by atoms with Crippen LogP contribution in [0.25, 0.3) is 0 Å². The lowest BCUT2D eigenvalue weighted by molar-refractivity contribution is -0.384. The summed E-state index contributed by atoms with van der Waals surface area (Å²) >= 11 is 5.98. The molecule has 3 rings (SSSR count). The monoisotopic (exact) mass is 419 g/mol. The topological polar surface area (TPSA) is 111 Å². The molecule has 1 fully saturated rings. The van der Waals surface area contributed by atoms with Crippen LogP contribution in [0.3, 0.4) is 0 Å². The summed E-state index contributed by atoms with van der Waals surface area (Å²) in [5.74, 6) is -1.41. The molecule has 0 spiro atoms. The number of amides is 1. The normalized spacial score (nSPS) is 13.6. The van der Waals surface area contributed by atoms with Crippen LogP contribution >= 0.6 is 11.6 Å². The number of para-hydroxylation sites is 1. The lowest BCUT2D eigenvalue weighted by Crippen LogP contribution is -2.37.